The Kier molecular flexibility index (Phi) is 6.59. The maximum Gasteiger partial charge on any atom is 0.338 e. The number of benzene rings is 1. The van der Waals surface area contributed by atoms with Crippen molar-refractivity contribution in [2.45, 2.75) is 39.4 Å². The summed E-state index contributed by atoms with van der Waals surface area (Å²) in [4.78, 5) is 24.2. The van der Waals surface area contributed by atoms with E-state index in [0.29, 0.717) is 37.2 Å². The summed E-state index contributed by atoms with van der Waals surface area (Å²) in [6.07, 6.45) is 1.16. The van der Waals surface area contributed by atoms with Crippen LogP contribution in [0.25, 0.3) is 0 Å². The van der Waals surface area contributed by atoms with Crippen LogP contribution in [-0.4, -0.2) is 31.3 Å². The average Bonchev–Trinajstić information content (AvgIpc) is 2.52. The highest BCUT2D eigenvalue weighted by atomic mass is 79.9. The van der Waals surface area contributed by atoms with Crippen LogP contribution >= 0.6 is 15.9 Å². The molecule has 1 aromatic carbocycles. The molecule has 0 aliphatic carbocycles. The van der Waals surface area contributed by atoms with E-state index in [9.17, 15) is 9.59 Å². The normalized spacial score (nSPS) is 15.5. The number of ether oxygens (including phenoxy) is 3. The van der Waals surface area contributed by atoms with Gasteiger partial charge in [-0.2, -0.15) is 0 Å². The molecular formula is C17H21BrO5. The molecule has 0 atom stereocenters. The maximum absolute atomic E-state index is 12.1. The lowest BCUT2D eigenvalue weighted by Crippen LogP contribution is -2.25. The van der Waals surface area contributed by atoms with Crippen molar-refractivity contribution >= 4 is 27.9 Å². The molecule has 0 unspecified atom stereocenters. The van der Waals surface area contributed by atoms with Gasteiger partial charge in [0.2, 0.25) is 0 Å². The summed E-state index contributed by atoms with van der Waals surface area (Å²) >= 11 is 3.37. The first kappa shape index (κ1) is 17.9. The minimum Gasteiger partial charge on any atom is -0.461 e. The van der Waals surface area contributed by atoms with Crippen LogP contribution in [0.4, 0.5) is 0 Å². The molecule has 0 radical (unpaired) electrons. The molecule has 0 spiro atoms. The highest BCUT2D eigenvalue weighted by Gasteiger charge is 2.24. The van der Waals surface area contributed by atoms with Crippen molar-refractivity contribution in [1.82, 2.24) is 0 Å². The highest BCUT2D eigenvalue weighted by Crippen LogP contribution is 2.21. The molecule has 5 nitrogen and oxygen atoms in total. The van der Waals surface area contributed by atoms with Gasteiger partial charge >= 0.3 is 11.9 Å². The smallest absolute Gasteiger partial charge is 0.338 e. The van der Waals surface area contributed by atoms with Crippen LogP contribution in [-0.2, 0) is 25.6 Å². The molecule has 6 heteroatoms. The third-order valence-corrected chi connectivity index (χ3v) is 4.05. The molecule has 1 saturated heterocycles. The number of hydrogen-bond acceptors (Lipinski definition) is 5. The summed E-state index contributed by atoms with van der Waals surface area (Å²) in [5.41, 5.74) is 1.05. The Labute approximate surface area is 144 Å². The van der Waals surface area contributed by atoms with Gasteiger partial charge in [-0.05, 0) is 44.9 Å². The molecule has 0 amide bonds. The zero-order chi connectivity index (χ0) is 16.8. The van der Waals surface area contributed by atoms with Gasteiger partial charge in [-0.1, -0.05) is 15.9 Å². The monoisotopic (exact) mass is 384 g/mol. The summed E-state index contributed by atoms with van der Waals surface area (Å²) in [7, 11) is 0. The lowest BCUT2D eigenvalue weighted by atomic mass is 10.0. The highest BCUT2D eigenvalue weighted by molar-refractivity contribution is 9.10. The summed E-state index contributed by atoms with van der Waals surface area (Å²) in [6, 6.07) is 5.21. The molecular weight excluding hydrogens is 364 g/mol. The van der Waals surface area contributed by atoms with Crippen LogP contribution in [0.15, 0.2) is 22.7 Å². The number of carbonyl (C=O) groups excluding carboxylic acids is 2. The Morgan fingerprint density at radius 3 is 2.65 bits per heavy atom. The number of rotatable bonds is 5. The van der Waals surface area contributed by atoms with E-state index < -0.39 is 5.97 Å². The van der Waals surface area contributed by atoms with Gasteiger partial charge < -0.3 is 14.2 Å². The quantitative estimate of drug-likeness (QED) is 0.727. The van der Waals surface area contributed by atoms with Crippen molar-refractivity contribution in [3.05, 3.63) is 33.8 Å². The van der Waals surface area contributed by atoms with Gasteiger partial charge in [0.15, 0.2) is 0 Å². The van der Waals surface area contributed by atoms with Crippen LogP contribution in [0, 0.1) is 5.92 Å². The Hall–Kier alpha value is -1.40. The minimum absolute atomic E-state index is 0.0537. The third-order valence-electron chi connectivity index (χ3n) is 3.55. The molecule has 126 valence electrons. The standard InChI is InChI=1S/C17H21BrO5/c1-11(2)23-17(20)15-4-3-14(18)9-13(15)10-22-16(19)12-5-7-21-8-6-12/h3-4,9,11-12H,5-8,10H2,1-2H3. The Bertz CT molecular complexity index is 564. The molecule has 1 aliphatic rings. The van der Waals surface area contributed by atoms with E-state index in [0.717, 1.165) is 4.47 Å². The van der Waals surface area contributed by atoms with E-state index in [4.69, 9.17) is 14.2 Å². The van der Waals surface area contributed by atoms with Crippen LogP contribution < -0.4 is 0 Å². The Balaban J connectivity index is 2.04. The number of halogens is 1. The summed E-state index contributed by atoms with van der Waals surface area (Å²) in [5.74, 6) is -0.775. The van der Waals surface area contributed by atoms with Crippen molar-refractivity contribution < 1.29 is 23.8 Å². The van der Waals surface area contributed by atoms with Gasteiger partial charge in [-0.25, -0.2) is 4.79 Å². The molecule has 1 heterocycles. The molecule has 2 rings (SSSR count). The lowest BCUT2D eigenvalue weighted by Gasteiger charge is -2.20. The fraction of sp³-hybridized carbons (Fsp3) is 0.529. The van der Waals surface area contributed by atoms with E-state index in [2.05, 4.69) is 15.9 Å². The molecule has 1 fully saturated rings. The second kappa shape index (κ2) is 8.45. The molecule has 1 aromatic rings. The van der Waals surface area contributed by atoms with Gasteiger partial charge in [-0.15, -0.1) is 0 Å². The van der Waals surface area contributed by atoms with Gasteiger partial charge in [0, 0.05) is 23.2 Å². The van der Waals surface area contributed by atoms with Crippen LogP contribution in [0.2, 0.25) is 0 Å². The van der Waals surface area contributed by atoms with Crippen molar-refractivity contribution in [2.24, 2.45) is 5.92 Å². The fourth-order valence-corrected chi connectivity index (χ4v) is 2.77. The second-order valence-corrected chi connectivity index (χ2v) is 6.67. The molecule has 23 heavy (non-hydrogen) atoms. The Morgan fingerprint density at radius 1 is 1.30 bits per heavy atom. The SMILES string of the molecule is CC(C)OC(=O)c1ccc(Br)cc1COC(=O)C1CCOCC1. The van der Waals surface area contributed by atoms with E-state index in [1.807, 2.05) is 0 Å². The number of esters is 2. The maximum atomic E-state index is 12.1. The predicted octanol–water partition coefficient (Wildman–Crippen LogP) is 3.48. The first-order valence-electron chi connectivity index (χ1n) is 7.71. The number of hydrogen-bond donors (Lipinski definition) is 0. The zero-order valence-corrected chi connectivity index (χ0v) is 14.9. The van der Waals surface area contributed by atoms with Gasteiger partial charge in [0.1, 0.15) is 6.61 Å². The summed E-state index contributed by atoms with van der Waals surface area (Å²) < 4.78 is 16.7. The molecule has 0 N–H and O–H groups in total. The van der Waals surface area contributed by atoms with E-state index in [1.54, 1.807) is 32.0 Å². The van der Waals surface area contributed by atoms with Crippen LogP contribution in [0.5, 0.6) is 0 Å². The zero-order valence-electron chi connectivity index (χ0n) is 13.3. The average molecular weight is 385 g/mol. The molecule has 0 aromatic heterocycles. The van der Waals surface area contributed by atoms with Gasteiger partial charge in [0.05, 0.1) is 17.6 Å². The molecule has 0 saturated carbocycles. The van der Waals surface area contributed by atoms with Crippen LogP contribution in [0.3, 0.4) is 0 Å². The Morgan fingerprint density at radius 2 is 2.00 bits per heavy atom. The molecule has 1 aliphatic heterocycles. The van der Waals surface area contributed by atoms with Crippen molar-refractivity contribution in [3.63, 3.8) is 0 Å². The first-order chi connectivity index (χ1) is 11.0. The topological polar surface area (TPSA) is 61.8 Å². The van der Waals surface area contributed by atoms with E-state index in [1.165, 1.54) is 0 Å². The summed E-state index contributed by atoms with van der Waals surface area (Å²) in [6.45, 7) is 4.81. The molecule has 0 bridgehead atoms. The fourth-order valence-electron chi connectivity index (χ4n) is 2.36. The number of carbonyl (C=O) groups is 2. The lowest BCUT2D eigenvalue weighted by molar-refractivity contribution is -0.153. The van der Waals surface area contributed by atoms with Crippen molar-refractivity contribution in [1.29, 1.82) is 0 Å². The van der Waals surface area contributed by atoms with Crippen molar-refractivity contribution in [2.75, 3.05) is 13.2 Å². The van der Waals surface area contributed by atoms with Crippen molar-refractivity contribution in [3.8, 4) is 0 Å². The van der Waals surface area contributed by atoms with Gasteiger partial charge in [-0.3, -0.25) is 4.79 Å². The van der Waals surface area contributed by atoms with Crippen LogP contribution in [0.1, 0.15) is 42.6 Å². The second-order valence-electron chi connectivity index (χ2n) is 5.75. The van der Waals surface area contributed by atoms with Gasteiger partial charge in [0.25, 0.3) is 0 Å². The van der Waals surface area contributed by atoms with E-state index in [-0.39, 0.29) is 24.6 Å². The predicted molar refractivity (Wildman–Crippen MR) is 88.0 cm³/mol. The van der Waals surface area contributed by atoms with E-state index >= 15 is 0 Å². The first-order valence-corrected chi connectivity index (χ1v) is 8.50. The minimum atomic E-state index is -0.412. The summed E-state index contributed by atoms with van der Waals surface area (Å²) in [5, 5.41) is 0. The third kappa shape index (κ3) is 5.32. The largest absolute Gasteiger partial charge is 0.461 e.